The maximum atomic E-state index is 7.24. The van der Waals surface area contributed by atoms with Gasteiger partial charge >= 0.3 is 0 Å². The van der Waals surface area contributed by atoms with E-state index in [0.29, 0.717) is 0 Å². The van der Waals surface area contributed by atoms with Crippen LogP contribution >= 0.6 is 0 Å². The highest BCUT2D eigenvalue weighted by atomic mass is 16.3. The Morgan fingerprint density at radius 1 is 0.197 bits per heavy atom. The molecule has 14 aromatic rings. The molecule has 1 heteroatoms. The number of hydrogen-bond acceptors (Lipinski definition) is 1. The number of hydrogen-bond donors (Lipinski definition) is 0. The van der Waals surface area contributed by atoms with Crippen LogP contribution < -0.4 is 0 Å². The average Bonchev–Trinajstić information content (AvgIpc) is 3.73. The van der Waals surface area contributed by atoms with Gasteiger partial charge in [0.05, 0.1) is 0 Å². The molecule has 14 rings (SSSR count). The number of furan rings is 1. The Labute approximate surface area is 350 Å². The van der Waals surface area contributed by atoms with Crippen molar-refractivity contribution in [3.63, 3.8) is 0 Å². The van der Waals surface area contributed by atoms with Gasteiger partial charge in [0.2, 0.25) is 0 Å². The Kier molecular flexibility index (Phi) is 6.62. The van der Waals surface area contributed by atoms with Gasteiger partial charge in [-0.1, -0.05) is 188 Å². The molecule has 1 aromatic heterocycles. The lowest BCUT2D eigenvalue weighted by molar-refractivity contribution is 0.674. The second-order valence-corrected chi connectivity index (χ2v) is 16.7. The van der Waals surface area contributed by atoms with E-state index in [0.717, 1.165) is 38.5 Å². The summed E-state index contributed by atoms with van der Waals surface area (Å²) in [6.45, 7) is 0. The van der Waals surface area contributed by atoms with Crippen LogP contribution in [-0.4, -0.2) is 0 Å². The second kappa shape index (κ2) is 12.3. The third kappa shape index (κ3) is 4.55. The zero-order chi connectivity index (χ0) is 39.8. The first-order valence-electron chi connectivity index (χ1n) is 21.2. The summed E-state index contributed by atoms with van der Waals surface area (Å²) in [5, 5.41) is 22.3. The lowest BCUT2D eigenvalue weighted by atomic mass is 9.86. The SMILES string of the molecule is c1ccc2c(c1)ccc1c2oc2c(-c3ccc(-c4cc5ccc6ccccc6c5c5ccccc45)c4ccccc34)ccc(-c3ccc4ccc5cccc6ccc3c4c56)c21. The minimum Gasteiger partial charge on any atom is -0.455 e. The second-order valence-electron chi connectivity index (χ2n) is 16.7. The van der Waals surface area contributed by atoms with Crippen molar-refractivity contribution in [3.8, 4) is 33.4 Å². The van der Waals surface area contributed by atoms with Crippen LogP contribution in [-0.2, 0) is 0 Å². The van der Waals surface area contributed by atoms with Crippen molar-refractivity contribution in [2.24, 2.45) is 0 Å². The van der Waals surface area contributed by atoms with Gasteiger partial charge in [-0.25, -0.2) is 0 Å². The monoisotopic (exact) mass is 770 g/mol. The molecule has 0 atom stereocenters. The first-order chi connectivity index (χ1) is 30.3. The molecule has 0 bridgehead atoms. The predicted octanol–water partition coefficient (Wildman–Crippen LogP) is 17.3. The van der Waals surface area contributed by atoms with E-state index in [2.05, 4.69) is 206 Å². The van der Waals surface area contributed by atoms with Crippen LogP contribution in [0.5, 0.6) is 0 Å². The van der Waals surface area contributed by atoms with E-state index in [4.69, 9.17) is 4.42 Å². The van der Waals surface area contributed by atoms with Crippen LogP contribution in [0.3, 0.4) is 0 Å². The van der Waals surface area contributed by atoms with Gasteiger partial charge in [0.1, 0.15) is 11.2 Å². The standard InChI is InChI=1S/C60H34O/c1-3-14-41-35(10-1)20-23-40-34-54(45-18-7-8-19-49(45)56(40)41)47-31-30-46(43-16-5-6-17-44(43)47)52-33-32-51(58-53-29-24-36-11-2-4-15-42(36)59(53)61-60(52)58)48-27-25-39-22-21-37-12-9-13-38-26-28-50(48)57(39)55(37)38/h1-34H. The lowest BCUT2D eigenvalue weighted by Gasteiger charge is -2.17. The molecule has 1 nitrogen and oxygen atoms in total. The maximum Gasteiger partial charge on any atom is 0.143 e. The van der Waals surface area contributed by atoms with Crippen molar-refractivity contribution in [1.29, 1.82) is 0 Å². The topological polar surface area (TPSA) is 13.1 Å². The molecule has 0 aliphatic carbocycles. The maximum absolute atomic E-state index is 7.24. The van der Waals surface area contributed by atoms with Crippen molar-refractivity contribution in [2.45, 2.75) is 0 Å². The van der Waals surface area contributed by atoms with Crippen molar-refractivity contribution in [3.05, 3.63) is 206 Å². The van der Waals surface area contributed by atoms with Gasteiger partial charge in [-0.15, -0.1) is 0 Å². The summed E-state index contributed by atoms with van der Waals surface area (Å²) in [6.07, 6.45) is 0. The molecule has 61 heavy (non-hydrogen) atoms. The Morgan fingerprint density at radius 3 is 1.43 bits per heavy atom. The van der Waals surface area contributed by atoms with Crippen molar-refractivity contribution >= 4 is 108 Å². The van der Waals surface area contributed by atoms with E-state index in [-0.39, 0.29) is 0 Å². The number of rotatable bonds is 3. The normalized spacial score (nSPS) is 12.3. The highest BCUT2D eigenvalue weighted by Crippen LogP contribution is 2.49. The molecule has 0 fully saturated rings. The third-order valence-corrected chi connectivity index (χ3v) is 13.6. The molecule has 0 spiro atoms. The van der Waals surface area contributed by atoms with Crippen LogP contribution in [0.25, 0.3) is 141 Å². The van der Waals surface area contributed by atoms with E-state index in [1.807, 2.05) is 0 Å². The van der Waals surface area contributed by atoms with Crippen molar-refractivity contribution in [2.75, 3.05) is 0 Å². The van der Waals surface area contributed by atoms with Gasteiger partial charge in [0.15, 0.2) is 0 Å². The minimum atomic E-state index is 0.912. The fourth-order valence-electron chi connectivity index (χ4n) is 10.9. The van der Waals surface area contributed by atoms with E-state index in [9.17, 15) is 0 Å². The van der Waals surface area contributed by atoms with Gasteiger partial charge in [-0.2, -0.15) is 0 Å². The highest BCUT2D eigenvalue weighted by Gasteiger charge is 2.23. The summed E-state index contributed by atoms with van der Waals surface area (Å²) >= 11 is 0. The van der Waals surface area contributed by atoms with Crippen LogP contribution in [0.1, 0.15) is 0 Å². The van der Waals surface area contributed by atoms with Gasteiger partial charge in [-0.05, 0) is 127 Å². The summed E-state index contributed by atoms with van der Waals surface area (Å²) < 4.78 is 7.24. The quantitative estimate of drug-likeness (QED) is 0.163. The predicted molar refractivity (Wildman–Crippen MR) is 261 cm³/mol. The highest BCUT2D eigenvalue weighted by molar-refractivity contribution is 6.29. The van der Waals surface area contributed by atoms with Gasteiger partial charge in [0.25, 0.3) is 0 Å². The summed E-state index contributed by atoms with van der Waals surface area (Å²) in [5.41, 5.74) is 8.95. The average molecular weight is 771 g/mol. The van der Waals surface area contributed by atoms with E-state index < -0.39 is 0 Å². The largest absolute Gasteiger partial charge is 0.455 e. The zero-order valence-electron chi connectivity index (χ0n) is 33.0. The molecule has 0 amide bonds. The Bertz CT molecular complexity index is 4150. The van der Waals surface area contributed by atoms with Gasteiger partial charge in [-0.3, -0.25) is 0 Å². The summed E-state index contributed by atoms with van der Waals surface area (Å²) in [7, 11) is 0. The minimum absolute atomic E-state index is 0.912. The smallest absolute Gasteiger partial charge is 0.143 e. The summed E-state index contributed by atoms with van der Waals surface area (Å²) in [5.74, 6) is 0. The first-order valence-corrected chi connectivity index (χ1v) is 21.2. The Hall–Kier alpha value is -8.00. The molecule has 0 unspecified atom stereocenters. The summed E-state index contributed by atoms with van der Waals surface area (Å²) in [4.78, 5) is 0. The fourth-order valence-corrected chi connectivity index (χ4v) is 10.9. The van der Waals surface area contributed by atoms with Crippen molar-refractivity contribution < 1.29 is 4.42 Å². The molecule has 0 N–H and O–H groups in total. The molecule has 0 aliphatic heterocycles. The first kappa shape index (κ1) is 32.9. The lowest BCUT2D eigenvalue weighted by Crippen LogP contribution is -1.91. The molecule has 280 valence electrons. The zero-order valence-corrected chi connectivity index (χ0v) is 33.0. The third-order valence-electron chi connectivity index (χ3n) is 13.6. The van der Waals surface area contributed by atoms with E-state index in [1.54, 1.807) is 0 Å². The molecule has 0 aliphatic rings. The number of fused-ring (bicyclic) bond motifs is 11. The molecular formula is C60H34O. The molecule has 0 radical (unpaired) electrons. The fraction of sp³-hybridized carbons (Fsp3) is 0. The molecule has 0 saturated heterocycles. The van der Waals surface area contributed by atoms with Gasteiger partial charge < -0.3 is 4.42 Å². The van der Waals surface area contributed by atoms with Crippen LogP contribution in [0.4, 0.5) is 0 Å². The molecular weight excluding hydrogens is 737 g/mol. The van der Waals surface area contributed by atoms with Crippen molar-refractivity contribution in [1.82, 2.24) is 0 Å². The summed E-state index contributed by atoms with van der Waals surface area (Å²) in [6, 6.07) is 76.3. The van der Waals surface area contributed by atoms with Crippen LogP contribution in [0.15, 0.2) is 211 Å². The molecule has 13 aromatic carbocycles. The Morgan fingerprint density at radius 2 is 0.656 bits per heavy atom. The Balaban J connectivity index is 1.05. The van der Waals surface area contributed by atoms with Crippen LogP contribution in [0, 0.1) is 0 Å². The van der Waals surface area contributed by atoms with Crippen LogP contribution in [0.2, 0.25) is 0 Å². The van der Waals surface area contributed by atoms with Gasteiger partial charge in [0, 0.05) is 21.7 Å². The van der Waals surface area contributed by atoms with E-state index >= 15 is 0 Å². The number of benzene rings is 13. The molecule has 1 heterocycles. The molecule has 0 saturated carbocycles. The van der Waals surface area contributed by atoms with E-state index in [1.165, 1.54) is 103 Å².